The lowest BCUT2D eigenvalue weighted by molar-refractivity contribution is 0.165. The molecular weight excluding hydrogens is 286 g/mol. The number of hydrogen-bond donors (Lipinski definition) is 2. The van der Waals surface area contributed by atoms with Crippen molar-refractivity contribution in [2.45, 2.75) is 45.2 Å². The molecule has 1 saturated heterocycles. The van der Waals surface area contributed by atoms with E-state index in [4.69, 9.17) is 0 Å². The normalized spacial score (nSPS) is 18.6. The van der Waals surface area contributed by atoms with Gasteiger partial charge in [-0.3, -0.25) is 0 Å². The van der Waals surface area contributed by atoms with Gasteiger partial charge in [0.15, 0.2) is 0 Å². The monoisotopic (exact) mass is 315 g/mol. The Labute approximate surface area is 140 Å². The summed E-state index contributed by atoms with van der Waals surface area (Å²) in [5.41, 5.74) is 2.81. The summed E-state index contributed by atoms with van der Waals surface area (Å²) < 4.78 is 0. The molecule has 1 aromatic carbocycles. The van der Waals surface area contributed by atoms with Crippen molar-refractivity contribution in [1.82, 2.24) is 15.5 Å². The molecule has 4 heteroatoms. The van der Waals surface area contributed by atoms with Crippen LogP contribution in [0.1, 0.15) is 44.7 Å². The molecule has 0 aromatic heterocycles. The van der Waals surface area contributed by atoms with E-state index in [0.717, 1.165) is 42.6 Å². The molecule has 2 amide bonds. The Bertz CT molecular complexity index is 580. The number of carbonyl (C=O) groups excluding carboxylic acids is 1. The predicted molar refractivity (Wildman–Crippen MR) is 96.4 cm³/mol. The zero-order valence-electron chi connectivity index (χ0n) is 14.8. The van der Waals surface area contributed by atoms with Crippen LogP contribution in [0.15, 0.2) is 30.8 Å². The fraction of sp³-hybridized carbons (Fsp3) is 0.526. The molecule has 1 fully saturated rings. The van der Waals surface area contributed by atoms with Gasteiger partial charge in [0.1, 0.15) is 0 Å². The van der Waals surface area contributed by atoms with Crippen LogP contribution in [-0.2, 0) is 5.54 Å². The van der Waals surface area contributed by atoms with Gasteiger partial charge in [-0.15, -0.1) is 0 Å². The van der Waals surface area contributed by atoms with Gasteiger partial charge in [-0.1, -0.05) is 30.4 Å². The summed E-state index contributed by atoms with van der Waals surface area (Å²) >= 11 is 0. The van der Waals surface area contributed by atoms with E-state index in [1.54, 1.807) is 0 Å². The molecule has 2 N–H and O–H groups in total. The molecule has 0 aliphatic carbocycles. The number of piperidine rings is 1. The second-order valence-electron chi connectivity index (χ2n) is 6.99. The Morgan fingerprint density at radius 1 is 1.39 bits per heavy atom. The Morgan fingerprint density at radius 3 is 2.78 bits per heavy atom. The van der Waals surface area contributed by atoms with Gasteiger partial charge >= 0.3 is 6.03 Å². The third-order valence-electron chi connectivity index (χ3n) is 4.61. The Kier molecular flexibility index (Phi) is 5.47. The fourth-order valence-electron chi connectivity index (χ4n) is 2.99. The number of rotatable bonds is 4. The van der Waals surface area contributed by atoms with Gasteiger partial charge < -0.3 is 15.5 Å². The van der Waals surface area contributed by atoms with Crippen LogP contribution >= 0.6 is 0 Å². The standard InChI is InChI=1S/C19H29N3O/c1-14(2)15-8-6-9-16(12-15)19(3,4)21-18(23)22-11-7-10-17(13-22)20-5/h6,8-9,12,17,20H,1,7,10-11,13H2,2-5H3,(H,21,23). The molecule has 126 valence electrons. The van der Waals surface area contributed by atoms with Crippen molar-refractivity contribution in [3.05, 3.63) is 42.0 Å². The van der Waals surface area contributed by atoms with E-state index >= 15 is 0 Å². The highest BCUT2D eigenvalue weighted by Gasteiger charge is 2.28. The minimum Gasteiger partial charge on any atom is -0.329 e. The largest absolute Gasteiger partial charge is 0.329 e. The van der Waals surface area contributed by atoms with Gasteiger partial charge in [0, 0.05) is 19.1 Å². The van der Waals surface area contributed by atoms with Crippen molar-refractivity contribution >= 4 is 11.6 Å². The fourth-order valence-corrected chi connectivity index (χ4v) is 2.99. The van der Waals surface area contributed by atoms with Gasteiger partial charge in [0.2, 0.25) is 0 Å². The highest BCUT2D eigenvalue weighted by molar-refractivity contribution is 5.75. The third-order valence-corrected chi connectivity index (χ3v) is 4.61. The number of likely N-dealkylation sites (N-methyl/N-ethyl adjacent to an activating group) is 1. The van der Waals surface area contributed by atoms with Gasteiger partial charge in [0.25, 0.3) is 0 Å². The third kappa shape index (κ3) is 4.35. The number of likely N-dealkylation sites (tertiary alicyclic amines) is 1. The van der Waals surface area contributed by atoms with Crippen LogP contribution in [-0.4, -0.2) is 37.1 Å². The summed E-state index contributed by atoms with van der Waals surface area (Å²) in [5.74, 6) is 0. The first-order valence-electron chi connectivity index (χ1n) is 8.34. The molecule has 0 spiro atoms. The van der Waals surface area contributed by atoms with Crippen molar-refractivity contribution in [3.63, 3.8) is 0 Å². The molecule has 1 aromatic rings. The van der Waals surface area contributed by atoms with Crippen LogP contribution in [0.3, 0.4) is 0 Å². The lowest BCUT2D eigenvalue weighted by Gasteiger charge is -2.36. The molecular formula is C19H29N3O. The molecule has 23 heavy (non-hydrogen) atoms. The van der Waals surface area contributed by atoms with Crippen LogP contribution in [0.5, 0.6) is 0 Å². The topological polar surface area (TPSA) is 44.4 Å². The number of benzene rings is 1. The molecule has 0 saturated carbocycles. The average Bonchev–Trinajstić information content (AvgIpc) is 2.54. The predicted octanol–water partition coefficient (Wildman–Crippen LogP) is 3.35. The first kappa shape index (κ1) is 17.5. The summed E-state index contributed by atoms with van der Waals surface area (Å²) in [7, 11) is 1.96. The molecule has 0 radical (unpaired) electrons. The molecule has 1 heterocycles. The summed E-state index contributed by atoms with van der Waals surface area (Å²) in [4.78, 5) is 14.5. The molecule has 0 bridgehead atoms. The minimum atomic E-state index is -0.421. The first-order chi connectivity index (χ1) is 10.8. The van der Waals surface area contributed by atoms with Crippen molar-refractivity contribution in [1.29, 1.82) is 0 Å². The summed E-state index contributed by atoms with van der Waals surface area (Å²) in [6.45, 7) is 11.7. The van der Waals surface area contributed by atoms with Gasteiger partial charge in [-0.05, 0) is 57.9 Å². The number of hydrogen-bond acceptors (Lipinski definition) is 2. The molecule has 1 aliphatic heterocycles. The highest BCUT2D eigenvalue weighted by atomic mass is 16.2. The van der Waals surface area contributed by atoms with E-state index < -0.39 is 5.54 Å². The van der Waals surface area contributed by atoms with Crippen LogP contribution in [0.25, 0.3) is 5.57 Å². The van der Waals surface area contributed by atoms with E-state index in [1.165, 1.54) is 0 Å². The maximum Gasteiger partial charge on any atom is 0.318 e. The SMILES string of the molecule is C=C(C)c1cccc(C(C)(C)NC(=O)N2CCCC(NC)C2)c1. The Balaban J connectivity index is 2.09. The Morgan fingerprint density at radius 2 is 2.13 bits per heavy atom. The van der Waals surface area contributed by atoms with E-state index in [0.29, 0.717) is 6.04 Å². The molecule has 1 aliphatic rings. The van der Waals surface area contributed by atoms with Gasteiger partial charge in [-0.25, -0.2) is 4.79 Å². The number of amides is 2. The second-order valence-corrected chi connectivity index (χ2v) is 6.99. The second kappa shape index (κ2) is 7.18. The number of allylic oxidation sites excluding steroid dienone is 1. The first-order valence-corrected chi connectivity index (χ1v) is 8.34. The van der Waals surface area contributed by atoms with E-state index in [-0.39, 0.29) is 6.03 Å². The molecule has 4 nitrogen and oxygen atoms in total. The summed E-state index contributed by atoms with van der Waals surface area (Å²) in [6, 6.07) is 8.63. The number of urea groups is 1. The van der Waals surface area contributed by atoms with Crippen molar-refractivity contribution in [3.8, 4) is 0 Å². The van der Waals surface area contributed by atoms with Crippen molar-refractivity contribution in [2.75, 3.05) is 20.1 Å². The average molecular weight is 315 g/mol. The maximum absolute atomic E-state index is 12.6. The Hall–Kier alpha value is -1.81. The van der Waals surface area contributed by atoms with Crippen LogP contribution in [0.4, 0.5) is 4.79 Å². The number of nitrogens with one attached hydrogen (secondary N) is 2. The zero-order chi connectivity index (χ0) is 17.0. The van der Waals surface area contributed by atoms with E-state index in [1.807, 2.05) is 44.9 Å². The molecule has 1 atom stereocenters. The number of nitrogens with zero attached hydrogens (tertiary/aromatic N) is 1. The van der Waals surface area contributed by atoms with Crippen LogP contribution < -0.4 is 10.6 Å². The van der Waals surface area contributed by atoms with Crippen molar-refractivity contribution in [2.24, 2.45) is 0 Å². The van der Waals surface area contributed by atoms with E-state index in [9.17, 15) is 4.79 Å². The molecule has 2 rings (SSSR count). The lowest BCUT2D eigenvalue weighted by atomic mass is 9.91. The maximum atomic E-state index is 12.6. The van der Waals surface area contributed by atoms with Crippen LogP contribution in [0.2, 0.25) is 0 Å². The van der Waals surface area contributed by atoms with Gasteiger partial charge in [0.05, 0.1) is 5.54 Å². The summed E-state index contributed by atoms with van der Waals surface area (Å²) in [6.07, 6.45) is 2.18. The lowest BCUT2D eigenvalue weighted by Crippen LogP contribution is -2.54. The minimum absolute atomic E-state index is 0.00989. The smallest absolute Gasteiger partial charge is 0.318 e. The van der Waals surface area contributed by atoms with Gasteiger partial charge in [-0.2, -0.15) is 0 Å². The quantitative estimate of drug-likeness (QED) is 0.895. The highest BCUT2D eigenvalue weighted by Crippen LogP contribution is 2.24. The summed E-state index contributed by atoms with van der Waals surface area (Å²) in [5, 5.41) is 6.45. The number of carbonyl (C=O) groups is 1. The van der Waals surface area contributed by atoms with Crippen molar-refractivity contribution < 1.29 is 4.79 Å². The van der Waals surface area contributed by atoms with Crippen LogP contribution in [0, 0.1) is 0 Å². The van der Waals surface area contributed by atoms with E-state index in [2.05, 4.69) is 29.3 Å². The molecule has 1 unspecified atom stereocenters. The zero-order valence-corrected chi connectivity index (χ0v) is 14.8.